The van der Waals surface area contributed by atoms with Crippen LogP contribution in [-0.4, -0.2) is 9.97 Å². The third kappa shape index (κ3) is 3.44. The second kappa shape index (κ2) is 5.57. The van der Waals surface area contributed by atoms with Crippen LogP contribution in [0.1, 0.15) is 36.7 Å². The molecule has 0 aliphatic rings. The molecule has 0 fully saturated rings. The molecule has 100 valence electrons. The van der Waals surface area contributed by atoms with Crippen molar-refractivity contribution in [1.82, 2.24) is 9.97 Å². The smallest absolute Gasteiger partial charge is 0.135 e. The van der Waals surface area contributed by atoms with E-state index in [1.54, 1.807) is 6.07 Å². The molecule has 0 aliphatic heterocycles. The summed E-state index contributed by atoms with van der Waals surface area (Å²) in [5.41, 5.74) is 3.42. The van der Waals surface area contributed by atoms with E-state index in [1.807, 2.05) is 13.8 Å². The van der Waals surface area contributed by atoms with Gasteiger partial charge < -0.3 is 5.32 Å². The third-order valence-corrected chi connectivity index (χ3v) is 3.08. The molecule has 0 saturated heterocycles. The highest BCUT2D eigenvalue weighted by Crippen LogP contribution is 2.23. The lowest BCUT2D eigenvalue weighted by molar-refractivity contribution is 0.776. The Labute approximate surface area is 119 Å². The summed E-state index contributed by atoms with van der Waals surface area (Å²) >= 11 is 6.04. The molecule has 0 spiro atoms. The minimum atomic E-state index is 0.248. The number of nitrogens with zero attached hydrogens (tertiary/aromatic N) is 2. The van der Waals surface area contributed by atoms with Gasteiger partial charge >= 0.3 is 0 Å². The summed E-state index contributed by atoms with van der Waals surface area (Å²) in [6.45, 7) is 8.23. The molecule has 2 aromatic rings. The summed E-state index contributed by atoms with van der Waals surface area (Å²) in [6.07, 6.45) is 0. The summed E-state index contributed by atoms with van der Waals surface area (Å²) in [4.78, 5) is 8.72. The Hall–Kier alpha value is -1.61. The monoisotopic (exact) mass is 275 g/mol. The van der Waals surface area contributed by atoms with E-state index in [0.29, 0.717) is 5.15 Å². The molecule has 0 atom stereocenters. The number of hydrogen-bond acceptors (Lipinski definition) is 3. The first-order valence-corrected chi connectivity index (χ1v) is 6.72. The van der Waals surface area contributed by atoms with Crippen LogP contribution < -0.4 is 5.32 Å². The molecule has 1 N–H and O–H groups in total. The van der Waals surface area contributed by atoms with Gasteiger partial charge in [-0.05, 0) is 31.0 Å². The first-order chi connectivity index (χ1) is 8.95. The zero-order chi connectivity index (χ0) is 14.0. The summed E-state index contributed by atoms with van der Waals surface area (Å²) < 4.78 is 0. The van der Waals surface area contributed by atoms with Crippen LogP contribution in [0.3, 0.4) is 0 Å². The highest BCUT2D eigenvalue weighted by molar-refractivity contribution is 6.29. The zero-order valence-electron chi connectivity index (χ0n) is 11.7. The van der Waals surface area contributed by atoms with Gasteiger partial charge in [-0.2, -0.15) is 0 Å². The highest BCUT2D eigenvalue weighted by atomic mass is 35.5. The molecule has 1 aromatic carbocycles. The Bertz CT molecular complexity index is 594. The molecular weight excluding hydrogens is 258 g/mol. The second-order valence-corrected chi connectivity index (χ2v) is 5.42. The summed E-state index contributed by atoms with van der Waals surface area (Å²) in [6, 6.07) is 8.02. The maximum absolute atomic E-state index is 6.04. The third-order valence-electron chi connectivity index (χ3n) is 2.88. The second-order valence-electron chi connectivity index (χ2n) is 5.03. The molecule has 1 heterocycles. The van der Waals surface area contributed by atoms with E-state index >= 15 is 0 Å². The summed E-state index contributed by atoms with van der Waals surface area (Å²) in [5.74, 6) is 1.73. The van der Waals surface area contributed by atoms with E-state index in [9.17, 15) is 0 Å². The van der Waals surface area contributed by atoms with Crippen molar-refractivity contribution in [2.75, 3.05) is 5.32 Å². The van der Waals surface area contributed by atoms with E-state index < -0.39 is 0 Å². The Kier molecular flexibility index (Phi) is 4.05. The van der Waals surface area contributed by atoms with Crippen molar-refractivity contribution in [2.45, 2.75) is 33.6 Å². The van der Waals surface area contributed by atoms with Gasteiger partial charge in [0.05, 0.1) is 0 Å². The van der Waals surface area contributed by atoms with Crippen molar-refractivity contribution in [2.24, 2.45) is 0 Å². The van der Waals surface area contributed by atoms with Crippen molar-refractivity contribution >= 4 is 23.1 Å². The number of nitrogens with one attached hydrogen (secondary N) is 1. The van der Waals surface area contributed by atoms with Crippen molar-refractivity contribution in [3.8, 4) is 0 Å². The molecule has 19 heavy (non-hydrogen) atoms. The van der Waals surface area contributed by atoms with Gasteiger partial charge in [0, 0.05) is 17.7 Å². The highest BCUT2D eigenvalue weighted by Gasteiger charge is 2.08. The van der Waals surface area contributed by atoms with Crippen molar-refractivity contribution < 1.29 is 0 Å². The number of halogens is 1. The normalized spacial score (nSPS) is 10.8. The Morgan fingerprint density at radius 3 is 2.53 bits per heavy atom. The molecule has 1 aromatic heterocycles. The molecule has 0 unspecified atom stereocenters. The van der Waals surface area contributed by atoms with Gasteiger partial charge in [-0.1, -0.05) is 37.6 Å². The quantitative estimate of drug-likeness (QED) is 0.831. The maximum atomic E-state index is 6.04. The maximum Gasteiger partial charge on any atom is 0.135 e. The number of aromatic nitrogens is 2. The average molecular weight is 276 g/mol. The van der Waals surface area contributed by atoms with Gasteiger partial charge in [0.2, 0.25) is 0 Å². The van der Waals surface area contributed by atoms with Gasteiger partial charge in [-0.3, -0.25) is 0 Å². The largest absolute Gasteiger partial charge is 0.340 e. The Morgan fingerprint density at radius 2 is 1.84 bits per heavy atom. The minimum absolute atomic E-state index is 0.248. The fourth-order valence-corrected chi connectivity index (χ4v) is 1.96. The number of anilines is 2. The average Bonchev–Trinajstić information content (AvgIpc) is 2.33. The lowest BCUT2D eigenvalue weighted by Gasteiger charge is -2.12. The molecule has 4 heteroatoms. The lowest BCUT2D eigenvalue weighted by Crippen LogP contribution is -2.03. The van der Waals surface area contributed by atoms with E-state index in [2.05, 4.69) is 47.3 Å². The lowest BCUT2D eigenvalue weighted by atomic mass is 10.1. The summed E-state index contributed by atoms with van der Waals surface area (Å²) in [7, 11) is 0. The van der Waals surface area contributed by atoms with Gasteiger partial charge in [-0.15, -0.1) is 0 Å². The molecule has 0 aliphatic carbocycles. The molecule has 3 nitrogen and oxygen atoms in total. The molecular formula is C15H18ClN3. The summed E-state index contributed by atoms with van der Waals surface area (Å²) in [5, 5.41) is 3.78. The van der Waals surface area contributed by atoms with Crippen LogP contribution in [0.5, 0.6) is 0 Å². The number of rotatable bonds is 3. The number of benzene rings is 1. The van der Waals surface area contributed by atoms with Crippen LogP contribution in [0.4, 0.5) is 11.5 Å². The minimum Gasteiger partial charge on any atom is -0.340 e. The first kappa shape index (κ1) is 13.8. The van der Waals surface area contributed by atoms with E-state index in [4.69, 9.17) is 11.6 Å². The van der Waals surface area contributed by atoms with Gasteiger partial charge in [-0.25, -0.2) is 9.97 Å². The topological polar surface area (TPSA) is 37.8 Å². The van der Waals surface area contributed by atoms with Crippen molar-refractivity contribution in [1.29, 1.82) is 0 Å². The van der Waals surface area contributed by atoms with Crippen LogP contribution in [-0.2, 0) is 0 Å². The van der Waals surface area contributed by atoms with Crippen molar-refractivity contribution in [3.63, 3.8) is 0 Å². The van der Waals surface area contributed by atoms with Crippen molar-refractivity contribution in [3.05, 3.63) is 46.4 Å². The van der Waals surface area contributed by atoms with Crippen LogP contribution in [0.25, 0.3) is 0 Å². The Balaban J connectivity index is 2.35. The fourth-order valence-electron chi connectivity index (χ4n) is 1.77. The van der Waals surface area contributed by atoms with Gasteiger partial charge in [0.15, 0.2) is 0 Å². The van der Waals surface area contributed by atoms with Crippen LogP contribution in [0.2, 0.25) is 5.15 Å². The van der Waals surface area contributed by atoms with Crippen LogP contribution >= 0.6 is 11.6 Å². The van der Waals surface area contributed by atoms with Crippen LogP contribution in [0, 0.1) is 13.8 Å². The zero-order valence-corrected chi connectivity index (χ0v) is 12.4. The fraction of sp³-hybridized carbons (Fsp3) is 0.333. The SMILES string of the molecule is Cc1ccc(C)c(Nc2cc(Cl)nc(C(C)C)n2)c1. The molecule has 0 amide bonds. The van der Waals surface area contributed by atoms with Gasteiger partial charge in [0.25, 0.3) is 0 Å². The molecule has 0 radical (unpaired) electrons. The molecule has 0 saturated carbocycles. The molecule has 2 rings (SSSR count). The predicted octanol–water partition coefficient (Wildman–Crippen LogP) is 4.61. The Morgan fingerprint density at radius 1 is 1.11 bits per heavy atom. The predicted molar refractivity (Wildman–Crippen MR) is 80.3 cm³/mol. The van der Waals surface area contributed by atoms with Crippen LogP contribution in [0.15, 0.2) is 24.3 Å². The number of aryl methyl sites for hydroxylation is 2. The standard InChI is InChI=1S/C15H18ClN3/c1-9(2)15-18-13(16)8-14(19-15)17-12-7-10(3)5-6-11(12)4/h5-9H,1-4H3,(H,17,18,19). The van der Waals surface area contributed by atoms with E-state index in [-0.39, 0.29) is 5.92 Å². The van der Waals surface area contributed by atoms with Gasteiger partial charge in [0.1, 0.15) is 16.8 Å². The molecule has 0 bridgehead atoms. The first-order valence-electron chi connectivity index (χ1n) is 6.34. The number of hydrogen-bond donors (Lipinski definition) is 1. The van der Waals surface area contributed by atoms with E-state index in [0.717, 1.165) is 17.3 Å². The van der Waals surface area contributed by atoms with E-state index in [1.165, 1.54) is 11.1 Å².